The molecule has 1 aliphatic rings. The van der Waals surface area contributed by atoms with Gasteiger partial charge in [-0.1, -0.05) is 31.4 Å². The van der Waals surface area contributed by atoms with Gasteiger partial charge >= 0.3 is 0 Å². The number of aliphatic hydroxyl groups excluding tert-OH is 1. The average molecular weight is 214 g/mol. The second-order valence-electron chi connectivity index (χ2n) is 3.78. The van der Waals surface area contributed by atoms with Crippen molar-refractivity contribution in [2.45, 2.75) is 6.92 Å². The molecule has 0 spiro atoms. The third kappa shape index (κ3) is 1.57. The van der Waals surface area contributed by atoms with E-state index in [1.165, 1.54) is 0 Å². The van der Waals surface area contributed by atoms with E-state index >= 15 is 0 Å². The van der Waals surface area contributed by atoms with Crippen molar-refractivity contribution >= 4 is 5.57 Å². The Balaban J connectivity index is 2.61. The van der Waals surface area contributed by atoms with E-state index in [9.17, 15) is 0 Å². The first-order chi connectivity index (χ1) is 7.65. The Labute approximate surface area is 95.2 Å². The number of rotatable bonds is 2. The van der Waals surface area contributed by atoms with Crippen LogP contribution in [0.5, 0.6) is 5.75 Å². The predicted octanol–water partition coefficient (Wildman–Crippen LogP) is 2.91. The topological polar surface area (TPSA) is 29.5 Å². The van der Waals surface area contributed by atoms with Gasteiger partial charge in [0, 0.05) is 11.1 Å². The van der Waals surface area contributed by atoms with E-state index in [1.807, 2.05) is 31.2 Å². The third-order valence-corrected chi connectivity index (χ3v) is 2.72. The molecule has 0 saturated carbocycles. The number of para-hydroxylation sites is 1. The summed E-state index contributed by atoms with van der Waals surface area (Å²) < 4.78 is 5.61. The molecule has 2 rings (SSSR count). The van der Waals surface area contributed by atoms with E-state index in [0.717, 1.165) is 22.5 Å². The van der Waals surface area contributed by atoms with E-state index in [0.29, 0.717) is 11.3 Å². The van der Waals surface area contributed by atoms with Crippen molar-refractivity contribution in [3.8, 4) is 5.75 Å². The molecule has 0 unspecified atom stereocenters. The lowest BCUT2D eigenvalue weighted by Gasteiger charge is -2.24. The van der Waals surface area contributed by atoms with Crippen LogP contribution < -0.4 is 4.74 Å². The molecule has 82 valence electrons. The van der Waals surface area contributed by atoms with Gasteiger partial charge in [0.1, 0.15) is 11.5 Å². The maximum atomic E-state index is 9.14. The molecular weight excluding hydrogens is 200 g/mol. The first kappa shape index (κ1) is 10.7. The minimum Gasteiger partial charge on any atom is -0.457 e. The van der Waals surface area contributed by atoms with Gasteiger partial charge in [0.05, 0.1) is 6.61 Å². The van der Waals surface area contributed by atoms with Crippen LogP contribution in [0.1, 0.15) is 12.5 Å². The molecule has 0 amide bonds. The number of hydrogen-bond donors (Lipinski definition) is 1. The van der Waals surface area contributed by atoms with Crippen molar-refractivity contribution in [1.29, 1.82) is 0 Å². The molecule has 1 N–H and O–H groups in total. The van der Waals surface area contributed by atoms with Gasteiger partial charge in [-0.3, -0.25) is 0 Å². The molecular formula is C14H14O2. The highest BCUT2D eigenvalue weighted by Gasteiger charge is 2.21. The molecule has 0 radical (unpaired) electrons. The lowest BCUT2D eigenvalue weighted by molar-refractivity contribution is 0.331. The Bertz CT molecular complexity index is 495. The normalized spacial score (nSPS) is 14.5. The van der Waals surface area contributed by atoms with Crippen LogP contribution in [0.25, 0.3) is 5.57 Å². The van der Waals surface area contributed by atoms with Crippen LogP contribution in [-0.2, 0) is 0 Å². The van der Waals surface area contributed by atoms with Crippen LogP contribution >= 0.6 is 0 Å². The Morgan fingerprint density at radius 1 is 1.38 bits per heavy atom. The summed E-state index contributed by atoms with van der Waals surface area (Å²) in [6, 6.07) is 7.77. The first-order valence-electron chi connectivity index (χ1n) is 5.11. The van der Waals surface area contributed by atoms with Crippen molar-refractivity contribution in [2.75, 3.05) is 6.61 Å². The molecule has 0 aliphatic carbocycles. The number of ether oxygens (including phenoxy) is 1. The number of allylic oxidation sites excluding steroid dienone is 2. The predicted molar refractivity (Wildman–Crippen MR) is 65.0 cm³/mol. The van der Waals surface area contributed by atoms with Gasteiger partial charge in [-0.05, 0) is 24.1 Å². The molecule has 16 heavy (non-hydrogen) atoms. The van der Waals surface area contributed by atoms with E-state index in [2.05, 4.69) is 13.2 Å². The summed E-state index contributed by atoms with van der Waals surface area (Å²) in [7, 11) is 0. The number of benzene rings is 1. The Kier molecular flexibility index (Phi) is 2.67. The van der Waals surface area contributed by atoms with Gasteiger partial charge in [0.2, 0.25) is 0 Å². The van der Waals surface area contributed by atoms with Crippen LogP contribution in [0.3, 0.4) is 0 Å². The van der Waals surface area contributed by atoms with E-state index < -0.39 is 0 Å². The summed E-state index contributed by atoms with van der Waals surface area (Å²) in [4.78, 5) is 0. The maximum absolute atomic E-state index is 9.14. The molecule has 0 atom stereocenters. The minimum absolute atomic E-state index is 0.0861. The summed E-state index contributed by atoms with van der Waals surface area (Å²) in [5, 5.41) is 9.14. The summed E-state index contributed by atoms with van der Waals surface area (Å²) in [5.41, 5.74) is 3.53. The summed E-state index contributed by atoms with van der Waals surface area (Å²) in [6.45, 7) is 9.59. The van der Waals surface area contributed by atoms with Crippen LogP contribution in [-0.4, -0.2) is 11.7 Å². The van der Waals surface area contributed by atoms with Crippen molar-refractivity contribution in [3.63, 3.8) is 0 Å². The number of fused-ring (bicyclic) bond motifs is 1. The quantitative estimate of drug-likeness (QED) is 0.820. The van der Waals surface area contributed by atoms with E-state index in [-0.39, 0.29) is 6.61 Å². The standard InChI is InChI=1S/C14H14O2/c1-9(8-15)14-10(2)12-6-4-5-7-13(12)16-11(14)3/h4-7,15H,1,3,8H2,2H3. The van der Waals surface area contributed by atoms with Gasteiger partial charge in [-0.15, -0.1) is 0 Å². The fourth-order valence-electron chi connectivity index (χ4n) is 1.93. The first-order valence-corrected chi connectivity index (χ1v) is 5.11. The molecule has 0 saturated heterocycles. The molecule has 1 aromatic rings. The van der Waals surface area contributed by atoms with Gasteiger partial charge in [0.25, 0.3) is 0 Å². The summed E-state index contributed by atoms with van der Waals surface area (Å²) in [6.07, 6.45) is 0. The molecule has 1 aromatic carbocycles. The highest BCUT2D eigenvalue weighted by atomic mass is 16.5. The number of hydrogen-bond acceptors (Lipinski definition) is 2. The molecule has 2 heteroatoms. The second kappa shape index (κ2) is 3.99. The maximum Gasteiger partial charge on any atom is 0.134 e. The van der Waals surface area contributed by atoms with Crippen molar-refractivity contribution in [3.05, 3.63) is 59.9 Å². The van der Waals surface area contributed by atoms with Crippen LogP contribution in [0.4, 0.5) is 0 Å². The van der Waals surface area contributed by atoms with Crippen LogP contribution in [0, 0.1) is 0 Å². The molecule has 1 heterocycles. The van der Waals surface area contributed by atoms with E-state index in [1.54, 1.807) is 0 Å². The average Bonchev–Trinajstić information content (AvgIpc) is 2.28. The molecule has 2 nitrogen and oxygen atoms in total. The van der Waals surface area contributed by atoms with Gasteiger partial charge in [0.15, 0.2) is 0 Å². The Hall–Kier alpha value is -1.80. The van der Waals surface area contributed by atoms with Crippen molar-refractivity contribution in [1.82, 2.24) is 0 Å². The lowest BCUT2D eigenvalue weighted by atomic mass is 9.93. The molecule has 0 bridgehead atoms. The molecule has 0 aromatic heterocycles. The Morgan fingerprint density at radius 2 is 2.06 bits per heavy atom. The SMILES string of the molecule is C=C(CO)C1=C(C)c2ccccc2OC1=C. The zero-order valence-corrected chi connectivity index (χ0v) is 9.29. The summed E-state index contributed by atoms with van der Waals surface area (Å²) >= 11 is 0. The Morgan fingerprint density at radius 3 is 2.75 bits per heavy atom. The third-order valence-electron chi connectivity index (χ3n) is 2.72. The van der Waals surface area contributed by atoms with Gasteiger partial charge in [-0.25, -0.2) is 0 Å². The van der Waals surface area contributed by atoms with Crippen molar-refractivity contribution < 1.29 is 9.84 Å². The fraction of sp³-hybridized carbons (Fsp3) is 0.143. The lowest BCUT2D eigenvalue weighted by Crippen LogP contribution is -2.10. The van der Waals surface area contributed by atoms with Gasteiger partial charge < -0.3 is 9.84 Å². The van der Waals surface area contributed by atoms with Crippen molar-refractivity contribution in [2.24, 2.45) is 0 Å². The van der Waals surface area contributed by atoms with Gasteiger partial charge in [-0.2, -0.15) is 0 Å². The van der Waals surface area contributed by atoms with E-state index in [4.69, 9.17) is 9.84 Å². The molecule has 0 fully saturated rings. The highest BCUT2D eigenvalue weighted by Crippen LogP contribution is 2.38. The second-order valence-corrected chi connectivity index (χ2v) is 3.78. The minimum atomic E-state index is -0.0861. The largest absolute Gasteiger partial charge is 0.457 e. The monoisotopic (exact) mass is 214 g/mol. The highest BCUT2D eigenvalue weighted by molar-refractivity contribution is 5.80. The zero-order chi connectivity index (χ0) is 11.7. The molecule has 1 aliphatic heterocycles. The number of aliphatic hydroxyl groups is 1. The fourth-order valence-corrected chi connectivity index (χ4v) is 1.93. The van der Waals surface area contributed by atoms with Crippen LogP contribution in [0.2, 0.25) is 0 Å². The summed E-state index contributed by atoms with van der Waals surface area (Å²) in [5.74, 6) is 1.36. The zero-order valence-electron chi connectivity index (χ0n) is 9.29. The smallest absolute Gasteiger partial charge is 0.134 e. The van der Waals surface area contributed by atoms with Crippen LogP contribution in [0.15, 0.2) is 54.3 Å².